The van der Waals surface area contributed by atoms with Crippen LogP contribution in [0.4, 0.5) is 4.79 Å². The van der Waals surface area contributed by atoms with Crippen molar-refractivity contribution in [3.63, 3.8) is 0 Å². The van der Waals surface area contributed by atoms with Crippen LogP contribution in [0.3, 0.4) is 0 Å². The molecule has 4 nitrogen and oxygen atoms in total. The molecule has 0 saturated carbocycles. The van der Waals surface area contributed by atoms with Crippen molar-refractivity contribution in [2.45, 2.75) is 46.4 Å². The van der Waals surface area contributed by atoms with Gasteiger partial charge in [-0.3, -0.25) is 0 Å². The predicted octanol–water partition coefficient (Wildman–Crippen LogP) is -0.977. The van der Waals surface area contributed by atoms with Gasteiger partial charge < -0.3 is 34.0 Å². The maximum absolute atomic E-state index is 11.5. The number of rotatable bonds is 3. The molecule has 0 aliphatic carbocycles. The van der Waals surface area contributed by atoms with Crippen molar-refractivity contribution < 1.29 is 38.1 Å². The molecular weight excluding hydrogens is 343 g/mol. The van der Waals surface area contributed by atoms with E-state index >= 15 is 0 Å². The standard InChI is InChI=1S/C13H20N2O2.HI/c1-5-15-9-7-6-8-11(15)10-14-12(16)17-13(2,3)4;/h6-9H,5,10H2,1-4H3;1H. The first-order valence-electron chi connectivity index (χ1n) is 5.86. The number of amides is 1. The van der Waals surface area contributed by atoms with Crippen LogP contribution in [0.15, 0.2) is 24.4 Å². The van der Waals surface area contributed by atoms with E-state index in [1.807, 2.05) is 45.2 Å². The van der Waals surface area contributed by atoms with Crippen LogP contribution < -0.4 is 33.9 Å². The molecule has 18 heavy (non-hydrogen) atoms. The lowest BCUT2D eigenvalue weighted by Gasteiger charge is -2.19. The smallest absolute Gasteiger partial charge is 0.408 e. The van der Waals surface area contributed by atoms with Crippen LogP contribution in [0, 0.1) is 0 Å². The zero-order valence-electron chi connectivity index (χ0n) is 11.4. The van der Waals surface area contributed by atoms with E-state index in [2.05, 4.69) is 16.8 Å². The van der Waals surface area contributed by atoms with Crippen LogP contribution in [0.5, 0.6) is 0 Å². The van der Waals surface area contributed by atoms with Gasteiger partial charge in [0.2, 0.25) is 5.69 Å². The lowest BCUT2D eigenvalue weighted by Crippen LogP contribution is -3.00. The number of ether oxygens (including phenoxy) is 1. The Morgan fingerprint density at radius 2 is 2.06 bits per heavy atom. The number of aryl methyl sites for hydroxylation is 1. The average molecular weight is 364 g/mol. The van der Waals surface area contributed by atoms with Gasteiger partial charge in [-0.05, 0) is 27.7 Å². The fourth-order valence-corrected chi connectivity index (χ4v) is 1.46. The van der Waals surface area contributed by atoms with E-state index in [0.29, 0.717) is 6.54 Å². The average Bonchev–Trinajstić information content (AvgIpc) is 2.24. The summed E-state index contributed by atoms with van der Waals surface area (Å²) in [5.41, 5.74) is 0.600. The Morgan fingerprint density at radius 1 is 1.39 bits per heavy atom. The Labute approximate surface area is 126 Å². The van der Waals surface area contributed by atoms with Gasteiger partial charge in [0.25, 0.3) is 0 Å². The summed E-state index contributed by atoms with van der Waals surface area (Å²) in [5, 5.41) is 2.75. The highest BCUT2D eigenvalue weighted by molar-refractivity contribution is 5.67. The number of carbonyl (C=O) groups excluding carboxylic acids is 1. The van der Waals surface area contributed by atoms with Crippen molar-refractivity contribution in [1.82, 2.24) is 5.32 Å². The molecule has 0 aliphatic heterocycles. The molecule has 1 amide bonds. The molecule has 1 aromatic heterocycles. The van der Waals surface area contributed by atoms with Gasteiger partial charge >= 0.3 is 6.09 Å². The monoisotopic (exact) mass is 364 g/mol. The molecule has 1 heterocycles. The molecule has 0 atom stereocenters. The maximum atomic E-state index is 11.5. The first-order valence-corrected chi connectivity index (χ1v) is 5.86. The van der Waals surface area contributed by atoms with Gasteiger partial charge in [-0.15, -0.1) is 0 Å². The molecule has 0 unspecified atom stereocenters. The molecular formula is C13H21IN2O2. The van der Waals surface area contributed by atoms with Gasteiger partial charge in [-0.25, -0.2) is 9.36 Å². The lowest BCUT2D eigenvalue weighted by molar-refractivity contribution is -0.701. The van der Waals surface area contributed by atoms with Crippen LogP contribution in [0.25, 0.3) is 0 Å². The Hall–Kier alpha value is -0.850. The highest BCUT2D eigenvalue weighted by Crippen LogP contribution is 2.06. The number of halogens is 1. The molecule has 0 aromatic carbocycles. The lowest BCUT2D eigenvalue weighted by atomic mass is 10.2. The van der Waals surface area contributed by atoms with E-state index < -0.39 is 5.60 Å². The van der Waals surface area contributed by atoms with Crippen LogP contribution in [0.2, 0.25) is 0 Å². The zero-order chi connectivity index (χ0) is 12.9. The van der Waals surface area contributed by atoms with E-state index in [1.165, 1.54) is 0 Å². The first-order chi connectivity index (χ1) is 7.92. The number of hydrogen-bond acceptors (Lipinski definition) is 2. The van der Waals surface area contributed by atoms with Gasteiger partial charge in [0, 0.05) is 12.1 Å². The molecule has 0 radical (unpaired) electrons. The Morgan fingerprint density at radius 3 is 2.61 bits per heavy atom. The zero-order valence-corrected chi connectivity index (χ0v) is 13.5. The summed E-state index contributed by atoms with van der Waals surface area (Å²) >= 11 is 0. The minimum absolute atomic E-state index is 0. The van der Waals surface area contributed by atoms with Crippen LogP contribution in [0.1, 0.15) is 33.4 Å². The number of pyridine rings is 1. The van der Waals surface area contributed by atoms with E-state index in [0.717, 1.165) is 12.2 Å². The normalized spacial score (nSPS) is 10.4. The van der Waals surface area contributed by atoms with Crippen molar-refractivity contribution >= 4 is 6.09 Å². The topological polar surface area (TPSA) is 42.2 Å². The van der Waals surface area contributed by atoms with E-state index in [9.17, 15) is 4.79 Å². The first kappa shape index (κ1) is 17.2. The maximum Gasteiger partial charge on any atom is 0.408 e. The van der Waals surface area contributed by atoms with Gasteiger partial charge in [0.15, 0.2) is 6.20 Å². The Bertz CT molecular complexity index is 389. The highest BCUT2D eigenvalue weighted by atomic mass is 127. The number of hydrogen-bond donors (Lipinski definition) is 1. The van der Waals surface area contributed by atoms with Gasteiger partial charge in [-0.1, -0.05) is 6.07 Å². The summed E-state index contributed by atoms with van der Waals surface area (Å²) in [6.07, 6.45) is 1.61. The third kappa shape index (κ3) is 6.18. The highest BCUT2D eigenvalue weighted by Gasteiger charge is 2.17. The second kappa shape index (κ2) is 7.56. The summed E-state index contributed by atoms with van der Waals surface area (Å²) in [6, 6.07) is 5.92. The van der Waals surface area contributed by atoms with Crippen molar-refractivity contribution in [3.8, 4) is 0 Å². The van der Waals surface area contributed by atoms with Gasteiger partial charge in [0.1, 0.15) is 18.7 Å². The third-order valence-electron chi connectivity index (χ3n) is 2.19. The van der Waals surface area contributed by atoms with Crippen LogP contribution in [-0.4, -0.2) is 11.7 Å². The molecule has 1 aromatic rings. The molecule has 1 N–H and O–H groups in total. The minimum Gasteiger partial charge on any atom is -1.00 e. The molecule has 5 heteroatoms. The summed E-state index contributed by atoms with van der Waals surface area (Å²) in [6.45, 7) is 8.97. The molecule has 0 aliphatic rings. The molecule has 0 spiro atoms. The second-order valence-electron chi connectivity index (χ2n) is 4.83. The molecule has 0 saturated heterocycles. The Kier molecular flexibility index (Phi) is 7.20. The SMILES string of the molecule is CC[n+]1ccccc1CNC(=O)OC(C)(C)C.[I-]. The van der Waals surface area contributed by atoms with Crippen molar-refractivity contribution in [2.75, 3.05) is 0 Å². The molecule has 102 valence electrons. The largest absolute Gasteiger partial charge is 1.00 e. The summed E-state index contributed by atoms with van der Waals surface area (Å²) in [5.74, 6) is 0. The fourth-order valence-electron chi connectivity index (χ4n) is 1.46. The van der Waals surface area contributed by atoms with Gasteiger partial charge in [-0.2, -0.15) is 0 Å². The molecule has 0 bridgehead atoms. The summed E-state index contributed by atoms with van der Waals surface area (Å²) in [4.78, 5) is 11.5. The van der Waals surface area contributed by atoms with Crippen molar-refractivity contribution in [3.05, 3.63) is 30.1 Å². The number of nitrogens with zero attached hydrogens (tertiary/aromatic N) is 1. The van der Waals surface area contributed by atoms with Crippen LogP contribution >= 0.6 is 0 Å². The van der Waals surface area contributed by atoms with Crippen molar-refractivity contribution in [2.24, 2.45) is 0 Å². The Balaban J connectivity index is 0.00000289. The quantitative estimate of drug-likeness (QED) is 0.554. The van der Waals surface area contributed by atoms with E-state index in [4.69, 9.17) is 4.74 Å². The molecule has 0 fully saturated rings. The van der Waals surface area contributed by atoms with Gasteiger partial charge in [0.05, 0.1) is 0 Å². The predicted molar refractivity (Wildman–Crippen MR) is 65.4 cm³/mol. The third-order valence-corrected chi connectivity index (χ3v) is 2.19. The fraction of sp³-hybridized carbons (Fsp3) is 0.538. The number of carbonyl (C=O) groups is 1. The second-order valence-corrected chi connectivity index (χ2v) is 4.83. The van der Waals surface area contributed by atoms with Crippen molar-refractivity contribution in [1.29, 1.82) is 0 Å². The number of nitrogens with one attached hydrogen (secondary N) is 1. The minimum atomic E-state index is -0.457. The van der Waals surface area contributed by atoms with E-state index in [1.54, 1.807) is 0 Å². The van der Waals surface area contributed by atoms with E-state index in [-0.39, 0.29) is 30.1 Å². The summed E-state index contributed by atoms with van der Waals surface area (Å²) in [7, 11) is 0. The number of aromatic nitrogens is 1. The summed E-state index contributed by atoms with van der Waals surface area (Å²) < 4.78 is 7.25. The number of alkyl carbamates (subject to hydrolysis) is 1. The molecule has 1 rings (SSSR count). The van der Waals surface area contributed by atoms with Crippen LogP contribution in [-0.2, 0) is 17.8 Å².